The van der Waals surface area contributed by atoms with Gasteiger partial charge >= 0.3 is 0 Å². The smallest absolute Gasteiger partial charge is 0.272 e. The van der Waals surface area contributed by atoms with Crippen LogP contribution in [0.4, 0.5) is 0 Å². The molecule has 0 fully saturated rings. The first-order valence-electron chi connectivity index (χ1n) is 9.18. The number of aryl methyl sites for hydroxylation is 2. The Bertz CT molecular complexity index is 931. The van der Waals surface area contributed by atoms with E-state index < -0.39 is 0 Å². The van der Waals surface area contributed by atoms with Crippen molar-refractivity contribution in [1.29, 1.82) is 0 Å². The predicted molar refractivity (Wildman–Crippen MR) is 100 cm³/mol. The second-order valence-corrected chi connectivity index (χ2v) is 6.75. The number of carbonyl (C=O) groups is 1. The average Bonchev–Trinajstić information content (AvgIpc) is 3.23. The van der Waals surface area contributed by atoms with Gasteiger partial charge in [0.05, 0.1) is 31.5 Å². The minimum absolute atomic E-state index is 0.0214. The van der Waals surface area contributed by atoms with Crippen molar-refractivity contribution in [1.82, 2.24) is 24.2 Å². The molecule has 0 spiro atoms. The maximum atomic E-state index is 13.3. The Kier molecular flexibility index (Phi) is 4.66. The highest BCUT2D eigenvalue weighted by Crippen LogP contribution is 2.20. The molecule has 0 saturated heterocycles. The summed E-state index contributed by atoms with van der Waals surface area (Å²) in [5, 5.41) is 4.41. The molecule has 4 rings (SSSR count). The van der Waals surface area contributed by atoms with Gasteiger partial charge in [-0.25, -0.2) is 0 Å². The van der Waals surface area contributed by atoms with Crippen molar-refractivity contribution >= 4 is 5.91 Å². The third-order valence-corrected chi connectivity index (χ3v) is 4.75. The van der Waals surface area contributed by atoms with E-state index in [1.807, 2.05) is 49.2 Å². The highest BCUT2D eigenvalue weighted by molar-refractivity contribution is 5.92. The summed E-state index contributed by atoms with van der Waals surface area (Å²) in [6, 6.07) is 9.64. The number of amides is 1. The van der Waals surface area contributed by atoms with Gasteiger partial charge < -0.3 is 14.2 Å². The number of carbonyl (C=O) groups excluding carboxylic acids is 1. The molecule has 4 heterocycles. The first kappa shape index (κ1) is 17.3. The average molecular weight is 365 g/mol. The Labute approximate surface area is 158 Å². The molecular weight excluding hydrogens is 342 g/mol. The van der Waals surface area contributed by atoms with E-state index in [0.717, 1.165) is 11.4 Å². The van der Waals surface area contributed by atoms with Gasteiger partial charge in [0.15, 0.2) is 0 Å². The topological polar surface area (TPSA) is 65.2 Å². The molecule has 1 aliphatic rings. The number of hydrogen-bond donors (Lipinski definition) is 0. The third-order valence-electron chi connectivity index (χ3n) is 4.75. The van der Waals surface area contributed by atoms with Crippen LogP contribution in [0.1, 0.15) is 28.8 Å². The van der Waals surface area contributed by atoms with Crippen LogP contribution >= 0.6 is 0 Å². The molecular formula is C20H23N5O2. The van der Waals surface area contributed by atoms with Gasteiger partial charge in [0, 0.05) is 24.6 Å². The normalized spacial score (nSPS) is 16.7. The molecule has 1 amide bonds. The molecule has 0 aromatic carbocycles. The lowest BCUT2D eigenvalue weighted by atomic mass is 10.2. The molecule has 0 saturated carbocycles. The van der Waals surface area contributed by atoms with Crippen LogP contribution in [0.25, 0.3) is 0 Å². The number of hydrogen-bond acceptors (Lipinski definition) is 4. The van der Waals surface area contributed by atoms with Crippen LogP contribution in [0.5, 0.6) is 5.75 Å². The van der Waals surface area contributed by atoms with E-state index in [9.17, 15) is 4.79 Å². The van der Waals surface area contributed by atoms with E-state index in [1.165, 1.54) is 0 Å². The monoisotopic (exact) mass is 365 g/mol. The van der Waals surface area contributed by atoms with Gasteiger partial charge in [-0.3, -0.25) is 14.5 Å². The predicted octanol–water partition coefficient (Wildman–Crippen LogP) is 2.51. The minimum atomic E-state index is -0.161. The number of ether oxygens (including phenoxy) is 1. The zero-order chi connectivity index (χ0) is 18.8. The van der Waals surface area contributed by atoms with E-state index in [4.69, 9.17) is 4.74 Å². The summed E-state index contributed by atoms with van der Waals surface area (Å²) in [5.41, 5.74) is 2.57. The molecule has 3 aromatic heterocycles. The molecule has 7 nitrogen and oxygen atoms in total. The minimum Gasteiger partial charge on any atom is -0.485 e. The van der Waals surface area contributed by atoms with Crippen LogP contribution in [-0.2, 0) is 19.6 Å². The van der Waals surface area contributed by atoms with Gasteiger partial charge in [0.1, 0.15) is 17.5 Å². The zero-order valence-corrected chi connectivity index (χ0v) is 15.6. The zero-order valence-electron chi connectivity index (χ0n) is 15.6. The second kappa shape index (κ2) is 7.26. The standard InChI is InChI=1S/C20H23N5O2/c1-3-25-19(10-15(2)22-25)20(26)24-12-16-6-5-9-23(16)13-18(14-24)27-17-7-4-8-21-11-17/h4-11,18H,3,12-14H2,1-2H3. The Morgan fingerprint density at radius 1 is 1.30 bits per heavy atom. The number of nitrogens with zero attached hydrogens (tertiary/aromatic N) is 5. The maximum absolute atomic E-state index is 13.3. The molecule has 1 unspecified atom stereocenters. The van der Waals surface area contributed by atoms with Crippen molar-refractivity contribution in [2.45, 2.75) is 39.6 Å². The molecule has 0 radical (unpaired) electrons. The van der Waals surface area contributed by atoms with Crippen LogP contribution in [0.3, 0.4) is 0 Å². The fourth-order valence-corrected chi connectivity index (χ4v) is 3.51. The van der Waals surface area contributed by atoms with Crippen LogP contribution < -0.4 is 4.74 Å². The van der Waals surface area contributed by atoms with Crippen LogP contribution in [0, 0.1) is 6.92 Å². The summed E-state index contributed by atoms with van der Waals surface area (Å²) in [4.78, 5) is 19.2. The first-order valence-corrected chi connectivity index (χ1v) is 9.18. The molecule has 27 heavy (non-hydrogen) atoms. The Hall–Kier alpha value is -3.09. The van der Waals surface area contributed by atoms with Crippen molar-refractivity contribution < 1.29 is 9.53 Å². The summed E-state index contributed by atoms with van der Waals surface area (Å²) >= 11 is 0. The lowest BCUT2D eigenvalue weighted by Gasteiger charge is -2.25. The van der Waals surface area contributed by atoms with E-state index >= 15 is 0 Å². The van der Waals surface area contributed by atoms with E-state index in [2.05, 4.69) is 20.7 Å². The van der Waals surface area contributed by atoms with Gasteiger partial charge in [-0.1, -0.05) is 0 Å². The van der Waals surface area contributed by atoms with Crippen molar-refractivity contribution in [2.24, 2.45) is 0 Å². The summed E-state index contributed by atoms with van der Waals surface area (Å²) < 4.78 is 10.1. The largest absolute Gasteiger partial charge is 0.485 e. The van der Waals surface area contributed by atoms with Gasteiger partial charge in [-0.15, -0.1) is 0 Å². The SMILES string of the molecule is CCn1nc(C)cc1C(=O)N1Cc2cccn2CC(Oc2cccnc2)C1. The number of pyridine rings is 1. The number of fused-ring (bicyclic) bond motifs is 1. The number of aromatic nitrogens is 4. The number of rotatable bonds is 4. The molecule has 0 N–H and O–H groups in total. The maximum Gasteiger partial charge on any atom is 0.272 e. The summed E-state index contributed by atoms with van der Waals surface area (Å²) in [6.45, 7) is 6.30. The molecule has 0 aliphatic carbocycles. The fourth-order valence-electron chi connectivity index (χ4n) is 3.51. The van der Waals surface area contributed by atoms with Gasteiger partial charge in [-0.05, 0) is 44.2 Å². The van der Waals surface area contributed by atoms with Crippen molar-refractivity contribution in [3.63, 3.8) is 0 Å². The van der Waals surface area contributed by atoms with E-state index in [-0.39, 0.29) is 12.0 Å². The van der Waals surface area contributed by atoms with E-state index in [0.29, 0.717) is 37.6 Å². The van der Waals surface area contributed by atoms with Crippen LogP contribution in [-0.4, -0.2) is 42.8 Å². The highest BCUT2D eigenvalue weighted by atomic mass is 16.5. The van der Waals surface area contributed by atoms with E-state index in [1.54, 1.807) is 17.1 Å². The highest BCUT2D eigenvalue weighted by Gasteiger charge is 2.28. The van der Waals surface area contributed by atoms with Gasteiger partial charge in [0.25, 0.3) is 5.91 Å². The lowest BCUT2D eigenvalue weighted by Crippen LogP contribution is -2.39. The summed E-state index contributed by atoms with van der Waals surface area (Å²) in [7, 11) is 0. The molecule has 0 bridgehead atoms. The summed E-state index contributed by atoms with van der Waals surface area (Å²) in [6.07, 6.45) is 5.28. The van der Waals surface area contributed by atoms with Crippen molar-refractivity contribution in [3.8, 4) is 5.75 Å². The quantitative estimate of drug-likeness (QED) is 0.713. The first-order chi connectivity index (χ1) is 13.1. The second-order valence-electron chi connectivity index (χ2n) is 6.75. The van der Waals surface area contributed by atoms with Crippen molar-refractivity contribution in [3.05, 3.63) is 66.0 Å². The molecule has 1 atom stereocenters. The van der Waals surface area contributed by atoms with Gasteiger partial charge in [-0.2, -0.15) is 5.10 Å². The van der Waals surface area contributed by atoms with Crippen LogP contribution in [0.15, 0.2) is 48.9 Å². The third kappa shape index (κ3) is 3.58. The molecule has 1 aliphatic heterocycles. The Balaban J connectivity index is 1.62. The van der Waals surface area contributed by atoms with Crippen LogP contribution in [0.2, 0.25) is 0 Å². The van der Waals surface area contributed by atoms with Crippen molar-refractivity contribution in [2.75, 3.05) is 6.54 Å². The Morgan fingerprint density at radius 3 is 2.96 bits per heavy atom. The molecule has 3 aromatic rings. The molecule has 140 valence electrons. The van der Waals surface area contributed by atoms with Gasteiger partial charge in [0.2, 0.25) is 0 Å². The Morgan fingerprint density at radius 2 is 2.19 bits per heavy atom. The lowest BCUT2D eigenvalue weighted by molar-refractivity contribution is 0.0639. The summed E-state index contributed by atoms with van der Waals surface area (Å²) in [5.74, 6) is 0.687. The molecule has 7 heteroatoms. The fraction of sp³-hybridized carbons (Fsp3) is 0.350.